The van der Waals surface area contributed by atoms with Crippen molar-refractivity contribution in [1.82, 2.24) is 0 Å². The third-order valence-corrected chi connectivity index (χ3v) is 21.9. The molecule has 4 atom stereocenters. The zero-order valence-corrected chi connectivity index (χ0v) is 28.4. The van der Waals surface area contributed by atoms with Crippen LogP contribution in [-0.2, 0) is 0 Å². The van der Waals surface area contributed by atoms with Gasteiger partial charge in [-0.15, -0.1) is 47.0 Å². The van der Waals surface area contributed by atoms with Gasteiger partial charge < -0.3 is 10.2 Å². The molecular weight excluding hydrogens is 617 g/mol. The summed E-state index contributed by atoms with van der Waals surface area (Å²) in [5, 5.41) is 20.8. The van der Waals surface area contributed by atoms with E-state index in [2.05, 4.69) is 84.4 Å². The maximum Gasteiger partial charge on any atom is 0.0720 e. The summed E-state index contributed by atoms with van der Waals surface area (Å²) in [6, 6.07) is 0. The van der Waals surface area contributed by atoms with E-state index < -0.39 is 0 Å². The molecule has 200 valence electrons. The van der Waals surface area contributed by atoms with E-state index in [1.807, 2.05) is 47.0 Å². The molecule has 2 N–H and O–H groups in total. The zero-order valence-electron chi connectivity index (χ0n) is 20.2. The maximum absolute atomic E-state index is 10.4. The molecule has 3 saturated heterocycles. The van der Waals surface area contributed by atoms with Crippen molar-refractivity contribution >= 4 is 118 Å². The molecule has 3 aliphatic rings. The average Bonchev–Trinajstić information content (AvgIpc) is 3.51. The number of aliphatic hydroxyl groups is 2. The maximum atomic E-state index is 10.4. The molecule has 3 rings (SSSR count). The van der Waals surface area contributed by atoms with Gasteiger partial charge in [-0.2, -0.15) is 70.6 Å². The zero-order chi connectivity index (χ0) is 24.3. The van der Waals surface area contributed by atoms with Crippen molar-refractivity contribution in [3.63, 3.8) is 0 Å². The lowest BCUT2D eigenvalue weighted by atomic mass is 10.2. The smallest absolute Gasteiger partial charge is 0.0720 e. The van der Waals surface area contributed by atoms with Crippen LogP contribution in [0, 0.1) is 0 Å². The van der Waals surface area contributed by atoms with E-state index in [0.29, 0.717) is 9.49 Å². The van der Waals surface area contributed by atoms with E-state index in [1.165, 1.54) is 46.0 Å². The molecule has 0 aromatic carbocycles. The summed E-state index contributed by atoms with van der Waals surface area (Å²) in [7, 11) is 0. The topological polar surface area (TPSA) is 40.5 Å². The highest BCUT2D eigenvalue weighted by Crippen LogP contribution is 2.47. The fourth-order valence-corrected chi connectivity index (χ4v) is 18.4. The van der Waals surface area contributed by atoms with Gasteiger partial charge in [-0.3, -0.25) is 0 Å². The Bertz CT molecular complexity index is 504. The van der Waals surface area contributed by atoms with Gasteiger partial charge in [0.05, 0.1) is 21.4 Å². The third-order valence-electron chi connectivity index (χ3n) is 5.40. The summed E-state index contributed by atoms with van der Waals surface area (Å²) in [5.74, 6) is 15.6. The Balaban J connectivity index is 1.20. The van der Waals surface area contributed by atoms with Gasteiger partial charge in [0.15, 0.2) is 0 Å². The van der Waals surface area contributed by atoms with Crippen molar-refractivity contribution in [3.8, 4) is 0 Å². The Kier molecular flexibility index (Phi) is 16.2. The molecule has 4 unspecified atom stereocenters. The van der Waals surface area contributed by atoms with Crippen LogP contribution < -0.4 is 0 Å². The Morgan fingerprint density at radius 2 is 1.00 bits per heavy atom. The number of hydrogen-bond donors (Lipinski definition) is 2. The predicted octanol–water partition coefficient (Wildman–Crippen LogP) is 6.25. The van der Waals surface area contributed by atoms with Crippen LogP contribution in [0.15, 0.2) is 0 Å². The van der Waals surface area contributed by atoms with Crippen LogP contribution in [0.1, 0.15) is 13.8 Å². The fraction of sp³-hybridized carbons (Fsp3) is 1.00. The predicted molar refractivity (Wildman–Crippen MR) is 180 cm³/mol. The van der Waals surface area contributed by atoms with Crippen LogP contribution in [-0.4, -0.2) is 122 Å². The minimum Gasteiger partial charge on any atom is -0.391 e. The molecule has 0 spiro atoms. The monoisotopic (exact) mass is 656 g/mol. The molecule has 0 amide bonds. The highest BCUT2D eigenvalue weighted by Gasteiger charge is 2.38. The first-order valence-corrected chi connectivity index (χ1v) is 22.6. The van der Waals surface area contributed by atoms with Crippen molar-refractivity contribution in [2.45, 2.75) is 44.7 Å². The molecular formula is C22H40O2S10. The molecule has 0 bridgehead atoms. The van der Waals surface area contributed by atoms with Crippen LogP contribution in [0.25, 0.3) is 0 Å². The largest absolute Gasteiger partial charge is 0.391 e. The van der Waals surface area contributed by atoms with E-state index >= 15 is 0 Å². The van der Waals surface area contributed by atoms with Crippen molar-refractivity contribution in [2.24, 2.45) is 0 Å². The lowest BCUT2D eigenvalue weighted by Crippen LogP contribution is -2.41. The van der Waals surface area contributed by atoms with Gasteiger partial charge in [0.1, 0.15) is 0 Å². The van der Waals surface area contributed by atoms with E-state index in [-0.39, 0.29) is 12.2 Å². The summed E-state index contributed by atoms with van der Waals surface area (Å²) >= 11 is 20.3. The van der Waals surface area contributed by atoms with Crippen molar-refractivity contribution < 1.29 is 10.2 Å². The lowest BCUT2D eigenvalue weighted by molar-refractivity contribution is 0.224. The first-order chi connectivity index (χ1) is 16.4. The number of hydrogen-bond acceptors (Lipinski definition) is 12. The Hall–Kier alpha value is 3.42. The molecule has 0 aromatic heterocycles. The normalized spacial score (nSPS) is 30.7. The van der Waals surface area contributed by atoms with Gasteiger partial charge in [0.2, 0.25) is 0 Å². The molecule has 0 aromatic rings. The van der Waals surface area contributed by atoms with Gasteiger partial charge in [-0.1, -0.05) is 0 Å². The highest BCUT2D eigenvalue weighted by atomic mass is 32.2. The quantitative estimate of drug-likeness (QED) is 0.197. The van der Waals surface area contributed by atoms with E-state index in [1.54, 1.807) is 0 Å². The summed E-state index contributed by atoms with van der Waals surface area (Å²) in [6.07, 6.45) is -0.364. The van der Waals surface area contributed by atoms with Gasteiger partial charge in [-0.05, 0) is 13.8 Å². The van der Waals surface area contributed by atoms with Crippen molar-refractivity contribution in [2.75, 3.05) is 80.5 Å². The highest BCUT2D eigenvalue weighted by molar-refractivity contribution is 8.21. The Morgan fingerprint density at radius 3 is 1.35 bits per heavy atom. The van der Waals surface area contributed by atoms with Crippen LogP contribution in [0.4, 0.5) is 0 Å². The SMILES string of the molecule is CC1(CSCC(O)CSCC2SCCS2)CSC(C)(CSCC(O)CSCC2SCCS2)CS1. The second-order valence-electron chi connectivity index (χ2n) is 9.23. The number of thioether (sulfide) groups is 10. The van der Waals surface area contributed by atoms with Crippen molar-refractivity contribution in [1.29, 1.82) is 0 Å². The summed E-state index contributed by atoms with van der Waals surface area (Å²) in [5.41, 5.74) is 0. The first kappa shape index (κ1) is 31.9. The molecule has 34 heavy (non-hydrogen) atoms. The molecule has 0 radical (unpaired) electrons. The molecule has 0 saturated carbocycles. The van der Waals surface area contributed by atoms with Crippen LogP contribution in [0.3, 0.4) is 0 Å². The minimum absolute atomic E-state index is 0.182. The molecule has 3 fully saturated rings. The van der Waals surface area contributed by atoms with Crippen LogP contribution in [0.5, 0.6) is 0 Å². The standard InChI is InChI=1S/C22H40O2S10/c1-21(13-27-9-17(23)7-25-11-19-29-3-4-30-19)15-34-22(2,16-33-21)14-28-10-18(24)8-26-12-20-31-5-6-32-20/h17-20,23-24H,3-16H2,1-2H3. The lowest BCUT2D eigenvalue weighted by Gasteiger charge is -2.42. The second kappa shape index (κ2) is 17.3. The average molecular weight is 657 g/mol. The molecule has 2 nitrogen and oxygen atoms in total. The van der Waals surface area contributed by atoms with Gasteiger partial charge in [0.25, 0.3) is 0 Å². The molecule has 0 aliphatic carbocycles. The van der Waals surface area contributed by atoms with E-state index in [0.717, 1.165) is 43.7 Å². The van der Waals surface area contributed by atoms with Gasteiger partial charge >= 0.3 is 0 Å². The van der Waals surface area contributed by atoms with Gasteiger partial charge in [-0.25, -0.2) is 0 Å². The Labute approximate surface area is 250 Å². The molecule has 3 heterocycles. The first-order valence-electron chi connectivity index (χ1n) is 11.8. The fourth-order valence-electron chi connectivity index (χ4n) is 3.43. The minimum atomic E-state index is -0.182. The summed E-state index contributed by atoms with van der Waals surface area (Å²) in [6.45, 7) is 4.81. The Morgan fingerprint density at radius 1 is 0.647 bits per heavy atom. The van der Waals surface area contributed by atoms with Crippen molar-refractivity contribution in [3.05, 3.63) is 0 Å². The van der Waals surface area contributed by atoms with Crippen LogP contribution >= 0.6 is 118 Å². The van der Waals surface area contributed by atoms with E-state index in [4.69, 9.17) is 0 Å². The number of aliphatic hydroxyl groups excluding tert-OH is 2. The van der Waals surface area contributed by atoms with E-state index in [9.17, 15) is 10.2 Å². The summed E-state index contributed by atoms with van der Waals surface area (Å²) in [4.78, 5) is 0. The number of rotatable bonds is 16. The second-order valence-corrected chi connectivity index (χ2v) is 22.4. The molecule has 3 aliphatic heterocycles. The molecule has 12 heteroatoms. The summed E-state index contributed by atoms with van der Waals surface area (Å²) < 4.78 is 2.09. The third kappa shape index (κ3) is 12.7. The van der Waals surface area contributed by atoms with Gasteiger partial charge in [0, 0.05) is 90.0 Å². The van der Waals surface area contributed by atoms with Crippen LogP contribution in [0.2, 0.25) is 0 Å².